The summed E-state index contributed by atoms with van der Waals surface area (Å²) >= 11 is 0. The number of amides is 1. The van der Waals surface area contributed by atoms with Crippen molar-refractivity contribution < 1.29 is 24.5 Å². The predicted octanol–water partition coefficient (Wildman–Crippen LogP) is 4.65. The average molecular weight is 501 g/mol. The summed E-state index contributed by atoms with van der Waals surface area (Å²) in [5.74, 6) is -1.02. The van der Waals surface area contributed by atoms with Crippen LogP contribution in [0.3, 0.4) is 0 Å². The molecule has 7 heteroatoms. The van der Waals surface area contributed by atoms with E-state index in [0.29, 0.717) is 36.4 Å². The number of ketones is 1. The van der Waals surface area contributed by atoms with Gasteiger partial charge < -0.3 is 24.7 Å². The number of aliphatic hydroxyl groups is 1. The third-order valence-corrected chi connectivity index (χ3v) is 6.51. The van der Waals surface area contributed by atoms with Gasteiger partial charge in [0.1, 0.15) is 23.9 Å². The normalized spacial score (nSPS) is 17.0. The van der Waals surface area contributed by atoms with Crippen LogP contribution in [0.4, 0.5) is 0 Å². The van der Waals surface area contributed by atoms with Gasteiger partial charge in [0.25, 0.3) is 11.7 Å². The Morgan fingerprint density at radius 3 is 2.41 bits per heavy atom. The average Bonchev–Trinajstić information content (AvgIpc) is 3.13. The number of nitrogens with zero attached hydrogens (tertiary/aromatic N) is 2. The Morgan fingerprint density at radius 1 is 1.00 bits per heavy atom. The minimum atomic E-state index is -0.800. The van der Waals surface area contributed by atoms with Gasteiger partial charge in [-0.1, -0.05) is 36.4 Å². The Bertz CT molecular complexity index is 1310. The molecule has 1 aliphatic rings. The molecule has 2 N–H and O–H groups in total. The zero-order valence-corrected chi connectivity index (χ0v) is 21.3. The highest BCUT2D eigenvalue weighted by molar-refractivity contribution is 6.46. The maximum atomic E-state index is 13.1. The standard InChI is InChI=1S/C30H32N2O5/c1-20-8-4-5-9-23(20)19-37-25-14-12-21(13-15-25)28(34)26-27(22-10-6-11-24(33)18-22)32(30(36)29(26)35)17-7-16-31(2)3/h4-6,8-15,18,27,33-34H,7,16-17,19H2,1-3H3/b28-26+. The predicted molar refractivity (Wildman–Crippen MR) is 142 cm³/mol. The number of phenolic OH excluding ortho intramolecular Hbond substituents is 1. The number of hydrogen-bond acceptors (Lipinski definition) is 6. The lowest BCUT2D eigenvalue weighted by Gasteiger charge is -2.26. The van der Waals surface area contributed by atoms with E-state index in [1.807, 2.05) is 50.2 Å². The fourth-order valence-corrected chi connectivity index (χ4v) is 4.51. The molecule has 1 amide bonds. The molecule has 1 atom stereocenters. The van der Waals surface area contributed by atoms with Crippen LogP contribution in [0.2, 0.25) is 0 Å². The monoisotopic (exact) mass is 500 g/mol. The van der Waals surface area contributed by atoms with Crippen LogP contribution < -0.4 is 4.74 Å². The lowest BCUT2D eigenvalue weighted by atomic mass is 9.95. The topological polar surface area (TPSA) is 90.3 Å². The smallest absolute Gasteiger partial charge is 0.295 e. The third-order valence-electron chi connectivity index (χ3n) is 6.51. The number of hydrogen-bond donors (Lipinski definition) is 2. The molecular weight excluding hydrogens is 468 g/mol. The van der Waals surface area contributed by atoms with Gasteiger partial charge in [0.15, 0.2) is 0 Å². The molecule has 192 valence electrons. The summed E-state index contributed by atoms with van der Waals surface area (Å²) < 4.78 is 5.90. The van der Waals surface area contributed by atoms with Crippen LogP contribution in [-0.2, 0) is 16.2 Å². The number of likely N-dealkylation sites (tertiary alicyclic amines) is 1. The molecular formula is C30H32N2O5. The van der Waals surface area contributed by atoms with Crippen LogP contribution in [0, 0.1) is 6.92 Å². The Kier molecular flexibility index (Phi) is 7.94. The number of aromatic hydroxyl groups is 1. The number of carbonyl (C=O) groups excluding carboxylic acids is 2. The summed E-state index contributed by atoms with van der Waals surface area (Å²) in [6.45, 7) is 3.51. The van der Waals surface area contributed by atoms with E-state index in [-0.39, 0.29) is 17.1 Å². The van der Waals surface area contributed by atoms with E-state index in [9.17, 15) is 19.8 Å². The first-order valence-corrected chi connectivity index (χ1v) is 12.3. The second-order valence-electron chi connectivity index (χ2n) is 9.48. The van der Waals surface area contributed by atoms with Crippen molar-refractivity contribution in [3.63, 3.8) is 0 Å². The van der Waals surface area contributed by atoms with E-state index in [4.69, 9.17) is 4.74 Å². The molecule has 4 rings (SSSR count). The van der Waals surface area contributed by atoms with Crippen LogP contribution >= 0.6 is 0 Å². The summed E-state index contributed by atoms with van der Waals surface area (Å²) in [7, 11) is 3.88. The highest BCUT2D eigenvalue weighted by Gasteiger charge is 2.45. The van der Waals surface area contributed by atoms with Crippen molar-refractivity contribution in [1.82, 2.24) is 9.80 Å². The minimum absolute atomic E-state index is 0.00836. The van der Waals surface area contributed by atoms with Crippen molar-refractivity contribution in [2.75, 3.05) is 27.2 Å². The van der Waals surface area contributed by atoms with Crippen LogP contribution in [0.25, 0.3) is 5.76 Å². The molecule has 1 saturated heterocycles. The van der Waals surface area contributed by atoms with Crippen molar-refractivity contribution >= 4 is 17.4 Å². The molecule has 0 radical (unpaired) electrons. The zero-order valence-electron chi connectivity index (χ0n) is 21.3. The number of carbonyl (C=O) groups is 2. The molecule has 1 heterocycles. The van der Waals surface area contributed by atoms with Crippen molar-refractivity contribution in [3.8, 4) is 11.5 Å². The van der Waals surface area contributed by atoms with E-state index in [1.165, 1.54) is 17.0 Å². The molecule has 37 heavy (non-hydrogen) atoms. The molecule has 0 bridgehead atoms. The Balaban J connectivity index is 1.63. The maximum absolute atomic E-state index is 13.1. The van der Waals surface area contributed by atoms with Crippen molar-refractivity contribution in [2.24, 2.45) is 0 Å². The van der Waals surface area contributed by atoms with E-state index < -0.39 is 17.7 Å². The third kappa shape index (κ3) is 5.84. The summed E-state index contributed by atoms with van der Waals surface area (Å²) in [5.41, 5.74) is 3.19. The highest BCUT2D eigenvalue weighted by atomic mass is 16.5. The molecule has 1 aliphatic heterocycles. The van der Waals surface area contributed by atoms with Crippen molar-refractivity contribution in [2.45, 2.75) is 26.0 Å². The maximum Gasteiger partial charge on any atom is 0.295 e. The minimum Gasteiger partial charge on any atom is -0.508 e. The Morgan fingerprint density at radius 2 is 1.73 bits per heavy atom. The summed E-state index contributed by atoms with van der Waals surface area (Å²) in [4.78, 5) is 29.7. The first kappa shape index (κ1) is 26.0. The van der Waals surface area contributed by atoms with Gasteiger partial charge in [-0.2, -0.15) is 0 Å². The van der Waals surface area contributed by atoms with Gasteiger partial charge in [-0.25, -0.2) is 0 Å². The highest BCUT2D eigenvalue weighted by Crippen LogP contribution is 2.40. The fourth-order valence-electron chi connectivity index (χ4n) is 4.51. The SMILES string of the molecule is Cc1ccccc1COc1ccc(/C(O)=C2\C(=O)C(=O)N(CCCN(C)C)C2c2cccc(O)c2)cc1. The molecule has 3 aromatic rings. The van der Waals surface area contributed by atoms with Crippen LogP contribution in [0.15, 0.2) is 78.4 Å². The number of phenols is 1. The van der Waals surface area contributed by atoms with Gasteiger partial charge in [0.2, 0.25) is 0 Å². The number of rotatable bonds is 9. The van der Waals surface area contributed by atoms with Crippen molar-refractivity contribution in [1.29, 1.82) is 0 Å². The lowest BCUT2D eigenvalue weighted by molar-refractivity contribution is -0.139. The molecule has 7 nitrogen and oxygen atoms in total. The number of aliphatic hydroxyl groups excluding tert-OH is 1. The largest absolute Gasteiger partial charge is 0.508 e. The van der Waals surface area contributed by atoms with Crippen LogP contribution in [0.1, 0.15) is 34.7 Å². The Hall–Kier alpha value is -4.10. The molecule has 0 spiro atoms. The number of Topliss-reactive ketones (excluding diaryl/α,β-unsaturated/α-hetero) is 1. The van der Waals surface area contributed by atoms with Gasteiger partial charge >= 0.3 is 0 Å². The fraction of sp³-hybridized carbons (Fsp3) is 0.267. The molecule has 1 fully saturated rings. The van der Waals surface area contributed by atoms with Crippen LogP contribution in [0.5, 0.6) is 11.5 Å². The molecule has 3 aromatic carbocycles. The van der Waals surface area contributed by atoms with Gasteiger partial charge in [0.05, 0.1) is 11.6 Å². The zero-order chi connectivity index (χ0) is 26.5. The number of benzene rings is 3. The molecule has 1 unspecified atom stereocenters. The van der Waals surface area contributed by atoms with Gasteiger partial charge in [-0.15, -0.1) is 0 Å². The summed E-state index contributed by atoms with van der Waals surface area (Å²) in [5, 5.41) is 21.3. The van der Waals surface area contributed by atoms with Gasteiger partial charge in [-0.05, 0) is 87.1 Å². The quantitative estimate of drug-likeness (QED) is 0.253. The van der Waals surface area contributed by atoms with Gasteiger partial charge in [0, 0.05) is 12.1 Å². The first-order valence-electron chi connectivity index (χ1n) is 12.3. The van der Waals surface area contributed by atoms with E-state index in [0.717, 1.165) is 17.7 Å². The lowest BCUT2D eigenvalue weighted by Crippen LogP contribution is -2.32. The second-order valence-corrected chi connectivity index (χ2v) is 9.48. The summed E-state index contributed by atoms with van der Waals surface area (Å²) in [6, 6.07) is 20.4. The second kappa shape index (κ2) is 11.3. The number of ether oxygens (including phenoxy) is 1. The molecule has 0 aliphatic carbocycles. The van der Waals surface area contributed by atoms with E-state index >= 15 is 0 Å². The molecule has 0 saturated carbocycles. The Labute approximate surface area is 217 Å². The van der Waals surface area contributed by atoms with Crippen LogP contribution in [-0.4, -0.2) is 58.9 Å². The van der Waals surface area contributed by atoms with Crippen molar-refractivity contribution in [3.05, 3.63) is 101 Å². The van der Waals surface area contributed by atoms with Gasteiger partial charge in [-0.3, -0.25) is 9.59 Å². The van der Waals surface area contributed by atoms with E-state index in [2.05, 4.69) is 0 Å². The number of aryl methyl sites for hydroxylation is 1. The first-order chi connectivity index (χ1) is 17.8. The molecule has 0 aromatic heterocycles. The summed E-state index contributed by atoms with van der Waals surface area (Å²) in [6.07, 6.45) is 0.655. The van der Waals surface area contributed by atoms with E-state index in [1.54, 1.807) is 36.4 Å².